The Morgan fingerprint density at radius 1 is 1.20 bits per heavy atom. The molecule has 7 nitrogen and oxygen atoms in total. The third kappa shape index (κ3) is 5.36. The summed E-state index contributed by atoms with van der Waals surface area (Å²) in [4.78, 5) is 41.9. The number of amides is 1. The summed E-state index contributed by atoms with van der Waals surface area (Å²) < 4.78 is 1.32. The summed E-state index contributed by atoms with van der Waals surface area (Å²) >= 11 is 1.66. The Kier molecular flexibility index (Phi) is 7.79. The van der Waals surface area contributed by atoms with Crippen LogP contribution in [0, 0.1) is 0 Å². The minimum Gasteiger partial charge on any atom is -0.383 e. The van der Waals surface area contributed by atoms with Crippen molar-refractivity contribution in [2.24, 2.45) is 0 Å². The van der Waals surface area contributed by atoms with Crippen molar-refractivity contribution in [3.63, 3.8) is 0 Å². The van der Waals surface area contributed by atoms with E-state index in [1.807, 2.05) is 37.3 Å². The summed E-state index contributed by atoms with van der Waals surface area (Å²) in [5.74, 6) is 0.188. The standard InChI is InChI=1S/C22H30N4O3S/c1-2-13-25(18(27)15-30-17-11-7-4-8-12-17)19-20(23)26(22(29)24-21(19)28)14-16-9-5-3-6-10-16/h3,5-6,9-10,17H,2,4,7-8,11-15,23H2,1H3,(H,24,28,29). The molecule has 1 aromatic heterocycles. The number of carbonyl (C=O) groups excluding carboxylic acids is 1. The van der Waals surface area contributed by atoms with Gasteiger partial charge in [0.25, 0.3) is 5.56 Å². The van der Waals surface area contributed by atoms with Gasteiger partial charge in [0.2, 0.25) is 5.91 Å². The van der Waals surface area contributed by atoms with Crippen molar-refractivity contribution in [3.8, 4) is 0 Å². The summed E-state index contributed by atoms with van der Waals surface area (Å²) in [6.45, 7) is 2.54. The Morgan fingerprint density at radius 3 is 2.57 bits per heavy atom. The largest absolute Gasteiger partial charge is 0.383 e. The Bertz CT molecular complexity index is 965. The number of nitrogens with zero attached hydrogens (tertiary/aromatic N) is 2. The molecular weight excluding hydrogens is 400 g/mol. The predicted molar refractivity (Wildman–Crippen MR) is 123 cm³/mol. The summed E-state index contributed by atoms with van der Waals surface area (Å²) in [7, 11) is 0. The maximum Gasteiger partial charge on any atom is 0.330 e. The second-order valence-electron chi connectivity index (χ2n) is 7.68. The van der Waals surface area contributed by atoms with E-state index in [1.165, 1.54) is 28.7 Å². The first-order valence-corrected chi connectivity index (χ1v) is 11.6. The number of nitrogens with two attached hydrogens (primary N) is 1. The van der Waals surface area contributed by atoms with E-state index in [4.69, 9.17) is 5.73 Å². The Balaban J connectivity index is 1.87. The number of nitrogens with one attached hydrogen (secondary N) is 1. The smallest absolute Gasteiger partial charge is 0.330 e. The molecule has 0 radical (unpaired) electrons. The molecule has 1 aliphatic carbocycles. The number of hydrogen-bond donors (Lipinski definition) is 2. The fraction of sp³-hybridized carbons (Fsp3) is 0.500. The number of aromatic nitrogens is 2. The molecule has 8 heteroatoms. The lowest BCUT2D eigenvalue weighted by Gasteiger charge is -2.26. The molecule has 1 saturated carbocycles. The van der Waals surface area contributed by atoms with E-state index < -0.39 is 11.2 Å². The molecule has 1 amide bonds. The topological polar surface area (TPSA) is 101 Å². The number of rotatable bonds is 8. The summed E-state index contributed by atoms with van der Waals surface area (Å²) in [6, 6.07) is 9.40. The third-order valence-corrected chi connectivity index (χ3v) is 6.77. The first-order chi connectivity index (χ1) is 14.5. The molecule has 2 aromatic rings. The molecule has 30 heavy (non-hydrogen) atoms. The van der Waals surface area contributed by atoms with Crippen molar-refractivity contribution in [1.29, 1.82) is 0 Å². The van der Waals surface area contributed by atoms with Gasteiger partial charge in [0, 0.05) is 11.8 Å². The Labute approximate surface area is 180 Å². The highest BCUT2D eigenvalue weighted by Gasteiger charge is 2.25. The average Bonchev–Trinajstić information content (AvgIpc) is 2.75. The van der Waals surface area contributed by atoms with Gasteiger partial charge in [-0.2, -0.15) is 0 Å². The second-order valence-corrected chi connectivity index (χ2v) is 8.97. The molecule has 0 unspecified atom stereocenters. The fourth-order valence-corrected chi connectivity index (χ4v) is 5.05. The molecule has 0 spiro atoms. The van der Waals surface area contributed by atoms with Gasteiger partial charge >= 0.3 is 5.69 Å². The number of benzene rings is 1. The maximum atomic E-state index is 13.0. The molecule has 0 aliphatic heterocycles. The van der Waals surface area contributed by atoms with Gasteiger partial charge in [-0.15, -0.1) is 11.8 Å². The van der Waals surface area contributed by atoms with Gasteiger partial charge in [-0.25, -0.2) is 4.79 Å². The lowest BCUT2D eigenvalue weighted by molar-refractivity contribution is -0.116. The van der Waals surface area contributed by atoms with E-state index in [-0.39, 0.29) is 24.0 Å². The van der Waals surface area contributed by atoms with E-state index in [2.05, 4.69) is 4.98 Å². The third-order valence-electron chi connectivity index (χ3n) is 5.41. The highest BCUT2D eigenvalue weighted by molar-refractivity contribution is 8.00. The van der Waals surface area contributed by atoms with Gasteiger partial charge in [0.05, 0.1) is 12.3 Å². The number of nitrogen functional groups attached to an aromatic ring is 1. The number of carbonyl (C=O) groups is 1. The van der Waals surface area contributed by atoms with Crippen LogP contribution in [0.25, 0.3) is 0 Å². The number of aromatic amines is 1. The lowest BCUT2D eigenvalue weighted by Crippen LogP contribution is -2.42. The zero-order valence-electron chi connectivity index (χ0n) is 17.4. The molecule has 1 heterocycles. The van der Waals surface area contributed by atoms with Crippen molar-refractivity contribution < 1.29 is 4.79 Å². The molecule has 0 atom stereocenters. The van der Waals surface area contributed by atoms with Gasteiger partial charge < -0.3 is 10.6 Å². The number of H-pyrrole nitrogens is 1. The first-order valence-electron chi connectivity index (χ1n) is 10.6. The van der Waals surface area contributed by atoms with Gasteiger partial charge in [0.1, 0.15) is 5.82 Å². The van der Waals surface area contributed by atoms with Crippen molar-refractivity contribution >= 4 is 29.2 Å². The Hall–Kier alpha value is -2.48. The van der Waals surface area contributed by atoms with Gasteiger partial charge in [-0.3, -0.25) is 19.1 Å². The van der Waals surface area contributed by atoms with Crippen LogP contribution in [0.15, 0.2) is 39.9 Å². The van der Waals surface area contributed by atoms with Crippen LogP contribution in [0.5, 0.6) is 0 Å². The molecule has 1 aromatic carbocycles. The average molecular weight is 431 g/mol. The van der Waals surface area contributed by atoms with Crippen LogP contribution < -0.4 is 21.9 Å². The second kappa shape index (κ2) is 10.5. The normalized spacial score (nSPS) is 14.6. The number of anilines is 2. The minimum absolute atomic E-state index is 0.0251. The van der Waals surface area contributed by atoms with Gasteiger partial charge in [-0.05, 0) is 24.8 Å². The number of thioether (sulfide) groups is 1. The van der Waals surface area contributed by atoms with E-state index in [1.54, 1.807) is 11.8 Å². The highest BCUT2D eigenvalue weighted by atomic mass is 32.2. The van der Waals surface area contributed by atoms with Crippen molar-refractivity contribution in [3.05, 3.63) is 56.7 Å². The zero-order chi connectivity index (χ0) is 21.5. The van der Waals surface area contributed by atoms with Crippen molar-refractivity contribution in [1.82, 2.24) is 9.55 Å². The van der Waals surface area contributed by atoms with Gasteiger partial charge in [0.15, 0.2) is 5.69 Å². The van der Waals surface area contributed by atoms with Crippen LogP contribution in [0.3, 0.4) is 0 Å². The van der Waals surface area contributed by atoms with Crippen LogP contribution >= 0.6 is 11.8 Å². The van der Waals surface area contributed by atoms with Crippen LogP contribution in [0.4, 0.5) is 11.5 Å². The van der Waals surface area contributed by atoms with Crippen LogP contribution in [0.1, 0.15) is 51.0 Å². The predicted octanol–water partition coefficient (Wildman–Crippen LogP) is 2.98. The molecule has 1 aliphatic rings. The lowest BCUT2D eigenvalue weighted by atomic mass is 10.0. The van der Waals surface area contributed by atoms with E-state index in [9.17, 15) is 14.4 Å². The maximum absolute atomic E-state index is 13.0. The zero-order valence-corrected chi connectivity index (χ0v) is 18.2. The van der Waals surface area contributed by atoms with E-state index >= 15 is 0 Å². The van der Waals surface area contributed by atoms with Crippen molar-refractivity contribution in [2.75, 3.05) is 22.9 Å². The fourth-order valence-electron chi connectivity index (χ4n) is 3.84. The van der Waals surface area contributed by atoms with Crippen LogP contribution in [-0.2, 0) is 11.3 Å². The number of hydrogen-bond acceptors (Lipinski definition) is 5. The highest BCUT2D eigenvalue weighted by Crippen LogP contribution is 2.29. The molecule has 3 rings (SSSR count). The minimum atomic E-state index is -0.619. The van der Waals surface area contributed by atoms with Crippen LogP contribution in [-0.4, -0.2) is 33.0 Å². The van der Waals surface area contributed by atoms with Gasteiger partial charge in [-0.1, -0.05) is 56.5 Å². The molecule has 162 valence electrons. The first kappa shape index (κ1) is 22.2. The van der Waals surface area contributed by atoms with Crippen LogP contribution in [0.2, 0.25) is 0 Å². The summed E-state index contributed by atoms with van der Waals surface area (Å²) in [6.07, 6.45) is 6.63. The van der Waals surface area contributed by atoms with E-state index in [0.29, 0.717) is 24.0 Å². The quantitative estimate of drug-likeness (QED) is 0.670. The van der Waals surface area contributed by atoms with E-state index in [0.717, 1.165) is 18.4 Å². The molecule has 3 N–H and O–H groups in total. The molecule has 1 fully saturated rings. The molecule has 0 bridgehead atoms. The molecule has 0 saturated heterocycles. The van der Waals surface area contributed by atoms with Crippen molar-refractivity contribution in [2.45, 2.75) is 57.2 Å². The summed E-state index contributed by atoms with van der Waals surface area (Å²) in [5, 5.41) is 0.494. The SMILES string of the molecule is CCCN(C(=O)CSC1CCCCC1)c1c(N)n(Cc2ccccc2)c(=O)[nH]c1=O. The summed E-state index contributed by atoms with van der Waals surface area (Å²) in [5.41, 5.74) is 6.04. The molecular formula is C22H30N4O3S. The Morgan fingerprint density at radius 2 is 1.90 bits per heavy atom. The monoisotopic (exact) mass is 430 g/mol.